The van der Waals surface area contributed by atoms with Gasteiger partial charge in [0.15, 0.2) is 0 Å². The summed E-state index contributed by atoms with van der Waals surface area (Å²) in [6, 6.07) is 9.08. The molecule has 0 fully saturated rings. The van der Waals surface area contributed by atoms with Crippen LogP contribution in [-0.2, 0) is 0 Å². The summed E-state index contributed by atoms with van der Waals surface area (Å²) >= 11 is 0. The van der Waals surface area contributed by atoms with E-state index >= 15 is 0 Å². The molecule has 0 aliphatic rings. The second-order valence-electron chi connectivity index (χ2n) is 4.30. The van der Waals surface area contributed by atoms with E-state index in [1.165, 1.54) is 0 Å². The summed E-state index contributed by atoms with van der Waals surface area (Å²) in [7, 11) is 0. The molecule has 0 aromatic heterocycles. The lowest BCUT2D eigenvalue weighted by atomic mass is 10.1. The van der Waals surface area contributed by atoms with Crippen LogP contribution in [0.1, 0.15) is 31.1 Å². The molecule has 0 spiro atoms. The number of nitriles is 1. The summed E-state index contributed by atoms with van der Waals surface area (Å²) in [5.74, 6) is 0.577. The lowest BCUT2D eigenvalue weighted by molar-refractivity contribution is 0.173. The quantitative estimate of drug-likeness (QED) is 0.792. The molecule has 0 saturated carbocycles. The van der Waals surface area contributed by atoms with Crippen molar-refractivity contribution >= 4 is 0 Å². The Morgan fingerprint density at radius 2 is 1.88 bits per heavy atom. The smallest absolute Gasteiger partial charge is 0.0991 e. The zero-order chi connectivity index (χ0) is 12.0. The van der Waals surface area contributed by atoms with E-state index in [4.69, 9.17) is 5.26 Å². The van der Waals surface area contributed by atoms with E-state index in [1.54, 1.807) is 24.3 Å². The Balaban J connectivity index is 2.47. The van der Waals surface area contributed by atoms with E-state index in [2.05, 4.69) is 25.2 Å². The summed E-state index contributed by atoms with van der Waals surface area (Å²) in [5, 5.41) is 21.7. The van der Waals surface area contributed by atoms with Crippen LogP contribution >= 0.6 is 0 Å². The van der Waals surface area contributed by atoms with Gasteiger partial charge >= 0.3 is 0 Å². The number of hydrogen-bond acceptors (Lipinski definition) is 3. The maximum atomic E-state index is 9.85. The first-order valence-corrected chi connectivity index (χ1v) is 5.52. The number of benzene rings is 1. The normalized spacial score (nSPS) is 12.4. The van der Waals surface area contributed by atoms with Gasteiger partial charge in [0.1, 0.15) is 0 Å². The summed E-state index contributed by atoms with van der Waals surface area (Å²) in [5.41, 5.74) is 1.46. The van der Waals surface area contributed by atoms with Crippen molar-refractivity contribution in [3.63, 3.8) is 0 Å². The summed E-state index contributed by atoms with van der Waals surface area (Å²) in [4.78, 5) is 0. The third-order valence-electron chi connectivity index (χ3n) is 2.31. The molecule has 0 radical (unpaired) electrons. The zero-order valence-corrected chi connectivity index (χ0v) is 9.77. The van der Waals surface area contributed by atoms with Crippen molar-refractivity contribution in [1.82, 2.24) is 5.32 Å². The lowest BCUT2D eigenvalue weighted by Gasteiger charge is -2.13. The first kappa shape index (κ1) is 12.7. The van der Waals surface area contributed by atoms with Crippen molar-refractivity contribution in [2.75, 3.05) is 13.1 Å². The number of aliphatic hydroxyl groups is 1. The van der Waals surface area contributed by atoms with E-state index in [0.717, 1.165) is 12.1 Å². The largest absolute Gasteiger partial charge is 0.387 e. The Kier molecular flexibility index (Phi) is 4.97. The van der Waals surface area contributed by atoms with Crippen molar-refractivity contribution in [3.05, 3.63) is 35.4 Å². The maximum Gasteiger partial charge on any atom is 0.0991 e. The van der Waals surface area contributed by atoms with Crippen LogP contribution in [0, 0.1) is 17.2 Å². The average Bonchev–Trinajstić information content (AvgIpc) is 2.28. The van der Waals surface area contributed by atoms with E-state index in [0.29, 0.717) is 18.0 Å². The van der Waals surface area contributed by atoms with Gasteiger partial charge in [-0.15, -0.1) is 0 Å². The standard InChI is InChI=1S/C13H18N2O/c1-10(2)8-15-9-13(16)12-5-3-11(7-14)4-6-12/h3-6,10,13,15-16H,8-9H2,1-2H3. The van der Waals surface area contributed by atoms with Gasteiger partial charge in [0.25, 0.3) is 0 Å². The SMILES string of the molecule is CC(C)CNCC(O)c1ccc(C#N)cc1. The first-order valence-electron chi connectivity index (χ1n) is 5.52. The molecule has 1 aromatic carbocycles. The molecule has 1 unspecified atom stereocenters. The second-order valence-corrected chi connectivity index (χ2v) is 4.30. The molecule has 3 heteroatoms. The molecule has 0 heterocycles. The van der Waals surface area contributed by atoms with Gasteiger partial charge in [-0.3, -0.25) is 0 Å². The first-order chi connectivity index (χ1) is 7.63. The lowest BCUT2D eigenvalue weighted by Crippen LogP contribution is -2.25. The van der Waals surface area contributed by atoms with E-state index in [9.17, 15) is 5.11 Å². The van der Waals surface area contributed by atoms with Gasteiger partial charge in [0.2, 0.25) is 0 Å². The van der Waals surface area contributed by atoms with Gasteiger partial charge in [-0.25, -0.2) is 0 Å². The molecule has 0 amide bonds. The average molecular weight is 218 g/mol. The minimum atomic E-state index is -0.508. The highest BCUT2D eigenvalue weighted by molar-refractivity contribution is 5.32. The van der Waals surface area contributed by atoms with Crippen LogP contribution in [0.3, 0.4) is 0 Å². The second kappa shape index (κ2) is 6.26. The van der Waals surface area contributed by atoms with E-state index in [-0.39, 0.29) is 0 Å². The number of nitrogens with one attached hydrogen (secondary N) is 1. The number of nitrogens with zero attached hydrogens (tertiary/aromatic N) is 1. The molecule has 1 rings (SSSR count). The minimum absolute atomic E-state index is 0.508. The van der Waals surface area contributed by atoms with Gasteiger partial charge in [0.05, 0.1) is 17.7 Å². The number of aliphatic hydroxyl groups excluding tert-OH is 1. The molecule has 86 valence electrons. The fraction of sp³-hybridized carbons (Fsp3) is 0.462. The Bertz CT molecular complexity index is 351. The summed E-state index contributed by atoms with van der Waals surface area (Å²) in [6.07, 6.45) is -0.508. The van der Waals surface area contributed by atoms with Gasteiger partial charge < -0.3 is 10.4 Å². The highest BCUT2D eigenvalue weighted by Crippen LogP contribution is 2.12. The fourth-order valence-corrected chi connectivity index (χ4v) is 1.41. The van der Waals surface area contributed by atoms with Crippen LogP contribution in [0.25, 0.3) is 0 Å². The Morgan fingerprint density at radius 1 is 1.25 bits per heavy atom. The van der Waals surface area contributed by atoms with E-state index in [1.807, 2.05) is 0 Å². The predicted octanol–water partition coefficient (Wildman–Crippen LogP) is 1.84. The minimum Gasteiger partial charge on any atom is -0.387 e. The van der Waals surface area contributed by atoms with Crippen molar-refractivity contribution < 1.29 is 5.11 Å². The molecular formula is C13H18N2O. The fourth-order valence-electron chi connectivity index (χ4n) is 1.41. The summed E-state index contributed by atoms with van der Waals surface area (Å²) in [6.45, 7) is 5.69. The van der Waals surface area contributed by atoms with E-state index < -0.39 is 6.10 Å². The van der Waals surface area contributed by atoms with Crippen LogP contribution in [0.2, 0.25) is 0 Å². The molecule has 16 heavy (non-hydrogen) atoms. The van der Waals surface area contributed by atoms with Crippen LogP contribution in [-0.4, -0.2) is 18.2 Å². The van der Waals surface area contributed by atoms with Crippen LogP contribution in [0.5, 0.6) is 0 Å². The Morgan fingerprint density at radius 3 is 2.38 bits per heavy atom. The molecule has 0 aliphatic heterocycles. The predicted molar refractivity (Wildman–Crippen MR) is 63.8 cm³/mol. The molecule has 1 aromatic rings. The third kappa shape index (κ3) is 4.01. The monoisotopic (exact) mass is 218 g/mol. The zero-order valence-electron chi connectivity index (χ0n) is 9.77. The van der Waals surface area contributed by atoms with Crippen LogP contribution in [0.15, 0.2) is 24.3 Å². The molecule has 0 bridgehead atoms. The number of rotatable bonds is 5. The van der Waals surface area contributed by atoms with Crippen molar-refractivity contribution in [3.8, 4) is 6.07 Å². The van der Waals surface area contributed by atoms with Gasteiger partial charge in [-0.1, -0.05) is 26.0 Å². The van der Waals surface area contributed by atoms with Gasteiger partial charge in [0, 0.05) is 6.54 Å². The highest BCUT2D eigenvalue weighted by Gasteiger charge is 2.06. The third-order valence-corrected chi connectivity index (χ3v) is 2.31. The van der Waals surface area contributed by atoms with Crippen molar-refractivity contribution in [2.24, 2.45) is 5.92 Å². The van der Waals surface area contributed by atoms with Gasteiger partial charge in [-0.2, -0.15) is 5.26 Å². The molecule has 1 atom stereocenters. The molecule has 2 N–H and O–H groups in total. The van der Waals surface area contributed by atoms with Crippen molar-refractivity contribution in [2.45, 2.75) is 20.0 Å². The molecule has 0 aliphatic carbocycles. The van der Waals surface area contributed by atoms with Gasteiger partial charge in [-0.05, 0) is 30.2 Å². The summed E-state index contributed by atoms with van der Waals surface area (Å²) < 4.78 is 0. The van der Waals surface area contributed by atoms with Crippen LogP contribution in [0.4, 0.5) is 0 Å². The topological polar surface area (TPSA) is 56.0 Å². The molecular weight excluding hydrogens is 200 g/mol. The number of hydrogen-bond donors (Lipinski definition) is 2. The molecule has 3 nitrogen and oxygen atoms in total. The Hall–Kier alpha value is -1.37. The van der Waals surface area contributed by atoms with Crippen LogP contribution < -0.4 is 5.32 Å². The molecule has 0 saturated heterocycles. The maximum absolute atomic E-state index is 9.85. The highest BCUT2D eigenvalue weighted by atomic mass is 16.3. The van der Waals surface area contributed by atoms with Crippen molar-refractivity contribution in [1.29, 1.82) is 5.26 Å². The Labute approximate surface area is 96.7 Å².